The summed E-state index contributed by atoms with van der Waals surface area (Å²) in [5, 5.41) is 2.10. The van der Waals surface area contributed by atoms with Gasteiger partial charge in [-0.05, 0) is 35.6 Å². The number of rotatable bonds is 2. The average Bonchev–Trinajstić information content (AvgIpc) is 2.94. The standard InChI is InChI=1S/C15H17N3OS/c1-17(2)14-4-3-11(9-16-14)15(19)18-7-5-13-12(10-18)6-8-20-13/h3-4,6,8-9H,5,7,10H2,1-2H3. The van der Waals surface area contributed by atoms with Gasteiger partial charge in [-0.15, -0.1) is 11.3 Å². The lowest BCUT2D eigenvalue weighted by Crippen LogP contribution is -2.35. The predicted octanol–water partition coefficient (Wildman–Crippen LogP) is 2.41. The number of aromatic nitrogens is 1. The normalized spacial score (nSPS) is 14.0. The van der Waals surface area contributed by atoms with Crippen LogP contribution in [0.2, 0.25) is 0 Å². The summed E-state index contributed by atoms with van der Waals surface area (Å²) < 4.78 is 0. The molecule has 0 bridgehead atoms. The Morgan fingerprint density at radius 1 is 1.35 bits per heavy atom. The largest absolute Gasteiger partial charge is 0.363 e. The summed E-state index contributed by atoms with van der Waals surface area (Å²) in [5.74, 6) is 0.931. The lowest BCUT2D eigenvalue weighted by atomic mass is 10.1. The van der Waals surface area contributed by atoms with Crippen molar-refractivity contribution in [3.63, 3.8) is 0 Å². The van der Waals surface area contributed by atoms with Gasteiger partial charge in [-0.25, -0.2) is 4.98 Å². The van der Waals surface area contributed by atoms with E-state index in [0.29, 0.717) is 12.1 Å². The van der Waals surface area contributed by atoms with E-state index in [-0.39, 0.29) is 5.91 Å². The molecule has 0 fully saturated rings. The van der Waals surface area contributed by atoms with Gasteiger partial charge in [-0.2, -0.15) is 0 Å². The topological polar surface area (TPSA) is 36.4 Å². The zero-order valence-electron chi connectivity index (χ0n) is 11.7. The van der Waals surface area contributed by atoms with Crippen LogP contribution in [0.1, 0.15) is 20.8 Å². The predicted molar refractivity (Wildman–Crippen MR) is 81.3 cm³/mol. The maximum atomic E-state index is 12.5. The van der Waals surface area contributed by atoms with Crippen LogP contribution in [0.5, 0.6) is 0 Å². The molecular weight excluding hydrogens is 270 g/mol. The molecule has 0 atom stereocenters. The first-order chi connectivity index (χ1) is 9.65. The van der Waals surface area contributed by atoms with Crippen molar-refractivity contribution in [3.8, 4) is 0 Å². The van der Waals surface area contributed by atoms with Crippen LogP contribution in [0.25, 0.3) is 0 Å². The average molecular weight is 287 g/mol. The molecule has 4 nitrogen and oxygen atoms in total. The molecule has 0 saturated heterocycles. The maximum absolute atomic E-state index is 12.5. The van der Waals surface area contributed by atoms with Crippen LogP contribution >= 0.6 is 11.3 Å². The van der Waals surface area contributed by atoms with E-state index in [9.17, 15) is 4.79 Å². The second kappa shape index (κ2) is 5.25. The van der Waals surface area contributed by atoms with Gasteiger partial charge in [0, 0.05) is 38.3 Å². The van der Waals surface area contributed by atoms with Gasteiger partial charge >= 0.3 is 0 Å². The third-order valence-electron chi connectivity index (χ3n) is 3.55. The van der Waals surface area contributed by atoms with Crippen molar-refractivity contribution in [2.24, 2.45) is 0 Å². The fourth-order valence-electron chi connectivity index (χ4n) is 2.38. The summed E-state index contributed by atoms with van der Waals surface area (Å²) in [6.45, 7) is 1.51. The summed E-state index contributed by atoms with van der Waals surface area (Å²) in [6, 6.07) is 5.85. The van der Waals surface area contributed by atoms with Crippen LogP contribution in [0.3, 0.4) is 0 Å². The van der Waals surface area contributed by atoms with Crippen molar-refractivity contribution >= 4 is 23.1 Å². The molecule has 20 heavy (non-hydrogen) atoms. The molecule has 0 spiro atoms. The Labute approximate surface area is 122 Å². The third kappa shape index (κ3) is 2.41. The molecule has 0 N–H and O–H groups in total. The van der Waals surface area contributed by atoms with E-state index in [1.54, 1.807) is 17.5 Å². The van der Waals surface area contributed by atoms with Crippen molar-refractivity contribution < 1.29 is 4.79 Å². The minimum atomic E-state index is 0.0691. The van der Waals surface area contributed by atoms with Crippen LogP contribution in [-0.2, 0) is 13.0 Å². The fraction of sp³-hybridized carbons (Fsp3) is 0.333. The molecule has 3 heterocycles. The van der Waals surface area contributed by atoms with Gasteiger partial charge in [0.1, 0.15) is 5.82 Å². The smallest absolute Gasteiger partial charge is 0.255 e. The number of anilines is 1. The van der Waals surface area contributed by atoms with E-state index in [1.807, 2.05) is 36.0 Å². The zero-order chi connectivity index (χ0) is 14.1. The van der Waals surface area contributed by atoms with Gasteiger partial charge < -0.3 is 9.80 Å². The van der Waals surface area contributed by atoms with Crippen molar-refractivity contribution in [2.75, 3.05) is 25.5 Å². The molecular formula is C15H17N3OS. The number of carbonyl (C=O) groups excluding carboxylic acids is 1. The summed E-state index contributed by atoms with van der Waals surface area (Å²) in [7, 11) is 3.87. The van der Waals surface area contributed by atoms with E-state index in [4.69, 9.17) is 0 Å². The van der Waals surface area contributed by atoms with Gasteiger partial charge in [0.2, 0.25) is 0 Å². The number of hydrogen-bond donors (Lipinski definition) is 0. The molecule has 0 radical (unpaired) electrons. The lowest BCUT2D eigenvalue weighted by molar-refractivity contribution is 0.0735. The highest BCUT2D eigenvalue weighted by atomic mass is 32.1. The van der Waals surface area contributed by atoms with E-state index in [1.165, 1.54) is 10.4 Å². The Balaban J connectivity index is 1.76. The highest BCUT2D eigenvalue weighted by molar-refractivity contribution is 7.10. The molecule has 5 heteroatoms. The van der Waals surface area contributed by atoms with E-state index in [0.717, 1.165) is 18.8 Å². The Kier molecular flexibility index (Phi) is 3.44. The molecule has 104 valence electrons. The highest BCUT2D eigenvalue weighted by Gasteiger charge is 2.22. The summed E-state index contributed by atoms with van der Waals surface area (Å²) in [6.07, 6.45) is 2.63. The van der Waals surface area contributed by atoms with Crippen molar-refractivity contribution in [1.82, 2.24) is 9.88 Å². The molecule has 0 unspecified atom stereocenters. The van der Waals surface area contributed by atoms with E-state index in [2.05, 4.69) is 16.4 Å². The Morgan fingerprint density at radius 3 is 2.90 bits per heavy atom. The minimum Gasteiger partial charge on any atom is -0.363 e. The minimum absolute atomic E-state index is 0.0691. The van der Waals surface area contributed by atoms with Gasteiger partial charge in [-0.1, -0.05) is 0 Å². The van der Waals surface area contributed by atoms with Gasteiger partial charge in [0.05, 0.1) is 5.56 Å². The van der Waals surface area contributed by atoms with Crippen molar-refractivity contribution in [2.45, 2.75) is 13.0 Å². The second-order valence-corrected chi connectivity index (χ2v) is 6.15. The Bertz CT molecular complexity index is 618. The van der Waals surface area contributed by atoms with E-state index < -0.39 is 0 Å². The molecule has 0 aliphatic carbocycles. The van der Waals surface area contributed by atoms with Crippen LogP contribution < -0.4 is 4.90 Å². The molecule has 0 aromatic carbocycles. The van der Waals surface area contributed by atoms with Gasteiger partial charge in [0.25, 0.3) is 5.91 Å². The maximum Gasteiger partial charge on any atom is 0.255 e. The number of amides is 1. The van der Waals surface area contributed by atoms with Crippen molar-refractivity contribution in [3.05, 3.63) is 45.8 Å². The molecule has 2 aromatic rings. The Morgan fingerprint density at radius 2 is 2.20 bits per heavy atom. The fourth-order valence-corrected chi connectivity index (χ4v) is 3.27. The Hall–Kier alpha value is -1.88. The van der Waals surface area contributed by atoms with Gasteiger partial charge in [-0.3, -0.25) is 4.79 Å². The van der Waals surface area contributed by atoms with Crippen LogP contribution in [0.4, 0.5) is 5.82 Å². The van der Waals surface area contributed by atoms with Crippen LogP contribution in [-0.4, -0.2) is 36.4 Å². The van der Waals surface area contributed by atoms with Crippen LogP contribution in [0, 0.1) is 0 Å². The first-order valence-corrected chi connectivity index (χ1v) is 7.51. The third-order valence-corrected chi connectivity index (χ3v) is 4.57. The highest BCUT2D eigenvalue weighted by Crippen LogP contribution is 2.25. The monoisotopic (exact) mass is 287 g/mol. The number of pyridine rings is 1. The lowest BCUT2D eigenvalue weighted by Gasteiger charge is -2.27. The van der Waals surface area contributed by atoms with E-state index >= 15 is 0 Å². The molecule has 2 aromatic heterocycles. The summed E-state index contributed by atoms with van der Waals surface area (Å²) in [4.78, 5) is 22.0. The first-order valence-electron chi connectivity index (χ1n) is 6.63. The molecule has 0 saturated carbocycles. The first kappa shape index (κ1) is 13.1. The summed E-state index contributed by atoms with van der Waals surface area (Å²) >= 11 is 1.78. The number of hydrogen-bond acceptors (Lipinski definition) is 4. The summed E-state index contributed by atoms with van der Waals surface area (Å²) in [5.41, 5.74) is 1.95. The number of fused-ring (bicyclic) bond motifs is 1. The molecule has 3 rings (SSSR count). The van der Waals surface area contributed by atoms with Gasteiger partial charge in [0.15, 0.2) is 0 Å². The zero-order valence-corrected chi connectivity index (χ0v) is 12.5. The number of nitrogens with zero attached hydrogens (tertiary/aromatic N) is 3. The quantitative estimate of drug-likeness (QED) is 0.851. The van der Waals surface area contributed by atoms with Crippen molar-refractivity contribution in [1.29, 1.82) is 0 Å². The number of thiophene rings is 1. The number of carbonyl (C=O) groups is 1. The molecule has 1 aliphatic rings. The van der Waals surface area contributed by atoms with Crippen LogP contribution in [0.15, 0.2) is 29.8 Å². The molecule has 1 aliphatic heterocycles. The molecule has 1 amide bonds. The SMILES string of the molecule is CN(C)c1ccc(C(=O)N2CCc3sccc3C2)cn1. The second-order valence-electron chi connectivity index (χ2n) is 5.15.